The van der Waals surface area contributed by atoms with E-state index >= 15 is 0 Å². The van der Waals surface area contributed by atoms with E-state index in [1.54, 1.807) is 0 Å². The number of rotatable bonds is 2. The summed E-state index contributed by atoms with van der Waals surface area (Å²) >= 11 is 0. The smallest absolute Gasteiger partial charge is 0.293 e. The molecule has 0 saturated carbocycles. The summed E-state index contributed by atoms with van der Waals surface area (Å²) in [7, 11) is 0. The van der Waals surface area contributed by atoms with E-state index in [1.807, 2.05) is 51.1 Å². The number of fused-ring (bicyclic) bond motifs is 1. The Hall–Kier alpha value is -2.14. The average molecular weight is 271 g/mol. The van der Waals surface area contributed by atoms with Crippen molar-refractivity contribution < 1.29 is 8.94 Å². The summed E-state index contributed by atoms with van der Waals surface area (Å²) in [4.78, 5) is 4.35. The summed E-state index contributed by atoms with van der Waals surface area (Å²) in [6.45, 7) is 6.11. The van der Waals surface area contributed by atoms with Gasteiger partial charge in [0.1, 0.15) is 5.58 Å². The van der Waals surface area contributed by atoms with Gasteiger partial charge in [-0.1, -0.05) is 44.1 Å². The number of hydrogen-bond donors (Lipinski definition) is 1. The molecule has 20 heavy (non-hydrogen) atoms. The lowest BCUT2D eigenvalue weighted by Crippen LogP contribution is -2.27. The van der Waals surface area contributed by atoms with E-state index in [0.29, 0.717) is 17.5 Å². The van der Waals surface area contributed by atoms with Gasteiger partial charge < -0.3 is 14.7 Å². The third-order valence-electron chi connectivity index (χ3n) is 3.29. The molecular weight excluding hydrogens is 254 g/mol. The highest BCUT2D eigenvalue weighted by atomic mass is 16.5. The van der Waals surface area contributed by atoms with Crippen molar-refractivity contribution in [3.63, 3.8) is 0 Å². The van der Waals surface area contributed by atoms with Crippen molar-refractivity contribution in [1.82, 2.24) is 10.1 Å². The monoisotopic (exact) mass is 271 g/mol. The topological polar surface area (TPSA) is 78.1 Å². The van der Waals surface area contributed by atoms with Gasteiger partial charge in [-0.25, -0.2) is 0 Å². The van der Waals surface area contributed by atoms with Crippen LogP contribution in [0.1, 0.15) is 32.6 Å². The van der Waals surface area contributed by atoms with E-state index in [4.69, 9.17) is 14.7 Å². The van der Waals surface area contributed by atoms with Crippen LogP contribution in [-0.2, 0) is 0 Å². The Morgan fingerprint density at radius 2 is 1.95 bits per heavy atom. The molecule has 0 aliphatic carbocycles. The van der Waals surface area contributed by atoms with Gasteiger partial charge in [0.05, 0.1) is 6.04 Å². The van der Waals surface area contributed by atoms with E-state index in [-0.39, 0.29) is 11.5 Å². The van der Waals surface area contributed by atoms with Crippen LogP contribution in [-0.4, -0.2) is 10.1 Å². The highest BCUT2D eigenvalue weighted by Gasteiger charge is 2.27. The lowest BCUT2D eigenvalue weighted by molar-refractivity contribution is 0.303. The number of nitrogens with zero attached hydrogens (tertiary/aromatic N) is 2. The first-order valence-electron chi connectivity index (χ1n) is 6.53. The number of para-hydroxylation sites is 1. The van der Waals surface area contributed by atoms with Crippen LogP contribution in [0, 0.1) is 5.41 Å². The maximum atomic E-state index is 6.12. The Morgan fingerprint density at radius 3 is 2.65 bits per heavy atom. The van der Waals surface area contributed by atoms with E-state index in [0.717, 1.165) is 11.0 Å². The maximum absolute atomic E-state index is 6.12. The number of aromatic nitrogens is 2. The fourth-order valence-corrected chi connectivity index (χ4v) is 1.94. The van der Waals surface area contributed by atoms with Crippen LogP contribution in [0.25, 0.3) is 22.6 Å². The third kappa shape index (κ3) is 2.20. The first-order valence-corrected chi connectivity index (χ1v) is 6.53. The highest BCUT2D eigenvalue weighted by Crippen LogP contribution is 2.31. The Bertz CT molecular complexity index is 704. The van der Waals surface area contributed by atoms with Crippen LogP contribution in [0.5, 0.6) is 0 Å². The number of hydrogen-bond acceptors (Lipinski definition) is 5. The summed E-state index contributed by atoms with van der Waals surface area (Å²) in [5, 5.41) is 4.96. The van der Waals surface area contributed by atoms with Crippen molar-refractivity contribution in [2.75, 3.05) is 0 Å². The summed E-state index contributed by atoms with van der Waals surface area (Å²) < 4.78 is 11.0. The summed E-state index contributed by atoms with van der Waals surface area (Å²) in [5.41, 5.74) is 6.79. The molecule has 2 N–H and O–H groups in total. The number of benzene rings is 1. The van der Waals surface area contributed by atoms with Gasteiger partial charge in [-0.3, -0.25) is 0 Å². The largest absolute Gasteiger partial charge is 0.451 e. The summed E-state index contributed by atoms with van der Waals surface area (Å²) in [5.74, 6) is 1.41. The molecule has 0 radical (unpaired) electrons. The van der Waals surface area contributed by atoms with E-state index in [9.17, 15) is 0 Å². The van der Waals surface area contributed by atoms with Gasteiger partial charge in [-0.05, 0) is 17.5 Å². The molecule has 0 aliphatic rings. The molecular formula is C15H17N3O2. The van der Waals surface area contributed by atoms with Gasteiger partial charge in [0.25, 0.3) is 5.89 Å². The van der Waals surface area contributed by atoms with E-state index in [1.165, 1.54) is 0 Å². The van der Waals surface area contributed by atoms with Gasteiger partial charge in [0.2, 0.25) is 0 Å². The molecule has 0 spiro atoms. The maximum Gasteiger partial charge on any atom is 0.293 e. The molecule has 1 aromatic carbocycles. The van der Waals surface area contributed by atoms with Crippen LogP contribution in [0.3, 0.4) is 0 Å². The SMILES string of the molecule is CC(C)(C)C(N)c1noc(-c2cc3ccccc3o2)n1. The molecule has 1 atom stereocenters. The van der Waals surface area contributed by atoms with Gasteiger partial charge in [-0.2, -0.15) is 4.98 Å². The molecule has 0 bridgehead atoms. The second-order valence-electron chi connectivity index (χ2n) is 5.95. The van der Waals surface area contributed by atoms with Crippen LogP contribution < -0.4 is 5.73 Å². The van der Waals surface area contributed by atoms with Crippen molar-refractivity contribution in [2.24, 2.45) is 11.1 Å². The Morgan fingerprint density at radius 1 is 1.20 bits per heavy atom. The van der Waals surface area contributed by atoms with Crippen LogP contribution >= 0.6 is 0 Å². The molecule has 3 rings (SSSR count). The van der Waals surface area contributed by atoms with Crippen molar-refractivity contribution in [2.45, 2.75) is 26.8 Å². The fourth-order valence-electron chi connectivity index (χ4n) is 1.94. The quantitative estimate of drug-likeness (QED) is 0.771. The highest BCUT2D eigenvalue weighted by molar-refractivity contribution is 5.81. The predicted octanol–water partition coefficient (Wildman–Crippen LogP) is 3.53. The Kier molecular flexibility index (Phi) is 2.87. The second-order valence-corrected chi connectivity index (χ2v) is 5.95. The van der Waals surface area contributed by atoms with Gasteiger partial charge >= 0.3 is 0 Å². The minimum Gasteiger partial charge on any atom is -0.451 e. The standard InChI is InChI=1S/C15H17N3O2/c1-15(2,3)12(16)13-17-14(20-18-13)11-8-9-6-4-5-7-10(9)19-11/h4-8,12H,16H2,1-3H3. The molecule has 104 valence electrons. The normalized spacial score (nSPS) is 13.8. The number of nitrogens with two attached hydrogens (primary N) is 1. The Labute approximate surface area is 116 Å². The van der Waals surface area contributed by atoms with Gasteiger partial charge in [0, 0.05) is 5.39 Å². The van der Waals surface area contributed by atoms with Crippen molar-refractivity contribution in [3.8, 4) is 11.7 Å². The van der Waals surface area contributed by atoms with Crippen molar-refractivity contribution >= 4 is 11.0 Å². The number of furan rings is 1. The first kappa shape index (κ1) is 12.9. The zero-order chi connectivity index (χ0) is 14.3. The fraction of sp³-hybridized carbons (Fsp3) is 0.333. The Balaban J connectivity index is 1.97. The zero-order valence-corrected chi connectivity index (χ0v) is 11.8. The van der Waals surface area contributed by atoms with Crippen LogP contribution in [0.4, 0.5) is 0 Å². The van der Waals surface area contributed by atoms with Gasteiger partial charge in [0.15, 0.2) is 11.6 Å². The zero-order valence-electron chi connectivity index (χ0n) is 11.8. The molecule has 0 aliphatic heterocycles. The molecule has 2 heterocycles. The van der Waals surface area contributed by atoms with E-state index < -0.39 is 0 Å². The summed E-state index contributed by atoms with van der Waals surface area (Å²) in [6, 6.07) is 9.34. The minimum absolute atomic E-state index is 0.130. The van der Waals surface area contributed by atoms with Gasteiger partial charge in [-0.15, -0.1) is 0 Å². The molecule has 0 fully saturated rings. The third-order valence-corrected chi connectivity index (χ3v) is 3.29. The predicted molar refractivity (Wildman–Crippen MR) is 75.9 cm³/mol. The summed E-state index contributed by atoms with van der Waals surface area (Å²) in [6.07, 6.45) is 0. The molecule has 1 unspecified atom stereocenters. The molecule has 0 amide bonds. The van der Waals surface area contributed by atoms with Crippen LogP contribution in [0.2, 0.25) is 0 Å². The first-order chi connectivity index (χ1) is 9.45. The molecule has 0 saturated heterocycles. The van der Waals surface area contributed by atoms with Crippen molar-refractivity contribution in [1.29, 1.82) is 0 Å². The second kappa shape index (κ2) is 4.45. The molecule has 5 nitrogen and oxygen atoms in total. The van der Waals surface area contributed by atoms with Crippen LogP contribution in [0.15, 0.2) is 39.3 Å². The molecule has 2 aromatic heterocycles. The molecule has 5 heteroatoms. The van der Waals surface area contributed by atoms with E-state index in [2.05, 4.69) is 10.1 Å². The van der Waals surface area contributed by atoms with Crippen molar-refractivity contribution in [3.05, 3.63) is 36.2 Å². The lowest BCUT2D eigenvalue weighted by Gasteiger charge is -2.23. The minimum atomic E-state index is -0.288. The molecule has 3 aromatic rings. The lowest BCUT2D eigenvalue weighted by atomic mass is 9.87. The average Bonchev–Trinajstić information content (AvgIpc) is 3.03.